The van der Waals surface area contributed by atoms with E-state index in [1.165, 1.54) is 0 Å². The second-order valence-corrected chi connectivity index (χ2v) is 6.84. The van der Waals surface area contributed by atoms with Crippen LogP contribution in [0.2, 0.25) is 0 Å². The minimum absolute atomic E-state index is 0.0440. The Bertz CT molecular complexity index is 615. The molecule has 2 aliphatic rings. The van der Waals surface area contributed by atoms with E-state index in [0.29, 0.717) is 6.42 Å². The topological polar surface area (TPSA) is 66.8 Å². The Kier molecular flexibility index (Phi) is 5.07. The van der Waals surface area contributed by atoms with Crippen molar-refractivity contribution in [1.29, 1.82) is 0 Å². The molecular formula is C19H25NO4. The Labute approximate surface area is 142 Å². The lowest BCUT2D eigenvalue weighted by molar-refractivity contribution is -0.140. The van der Waals surface area contributed by atoms with Crippen LogP contribution in [0.25, 0.3) is 0 Å². The predicted octanol–water partition coefficient (Wildman–Crippen LogP) is 3.04. The zero-order valence-corrected chi connectivity index (χ0v) is 14.1. The normalized spacial score (nSPS) is 26.0. The molecule has 1 heterocycles. The minimum atomic E-state index is -0.784. The second-order valence-electron chi connectivity index (χ2n) is 6.84. The van der Waals surface area contributed by atoms with Crippen molar-refractivity contribution in [3.63, 3.8) is 0 Å². The maximum Gasteiger partial charge on any atom is 0.303 e. The fourth-order valence-corrected chi connectivity index (χ4v) is 3.80. The number of carbonyl (C=O) groups is 2. The third kappa shape index (κ3) is 3.71. The summed E-state index contributed by atoms with van der Waals surface area (Å²) >= 11 is 0. The number of carboxylic acids is 1. The van der Waals surface area contributed by atoms with Crippen LogP contribution >= 0.6 is 0 Å². The van der Waals surface area contributed by atoms with E-state index >= 15 is 0 Å². The van der Waals surface area contributed by atoms with Crippen LogP contribution < -0.4 is 4.74 Å². The van der Waals surface area contributed by atoms with Gasteiger partial charge in [-0.1, -0.05) is 12.1 Å². The van der Waals surface area contributed by atoms with Gasteiger partial charge >= 0.3 is 5.97 Å². The van der Waals surface area contributed by atoms with E-state index in [1.54, 1.807) is 7.11 Å². The zero-order valence-electron chi connectivity index (χ0n) is 14.1. The molecule has 1 aliphatic carbocycles. The number of benzene rings is 1. The molecule has 130 valence electrons. The first-order valence-electron chi connectivity index (χ1n) is 8.76. The molecule has 2 fully saturated rings. The van der Waals surface area contributed by atoms with E-state index in [-0.39, 0.29) is 30.2 Å². The maximum absolute atomic E-state index is 12.9. The van der Waals surface area contributed by atoms with Gasteiger partial charge in [0.1, 0.15) is 5.75 Å². The average Bonchev–Trinajstić information content (AvgIpc) is 3.40. The first-order chi connectivity index (χ1) is 11.6. The average molecular weight is 331 g/mol. The van der Waals surface area contributed by atoms with Crippen molar-refractivity contribution < 1.29 is 19.4 Å². The number of hydrogen-bond acceptors (Lipinski definition) is 3. The Morgan fingerprint density at radius 2 is 2.17 bits per heavy atom. The van der Waals surface area contributed by atoms with E-state index in [2.05, 4.69) is 6.07 Å². The predicted molar refractivity (Wildman–Crippen MR) is 90.1 cm³/mol. The molecule has 1 aromatic rings. The monoisotopic (exact) mass is 331 g/mol. The van der Waals surface area contributed by atoms with Gasteiger partial charge in [0.05, 0.1) is 7.11 Å². The third-order valence-corrected chi connectivity index (χ3v) is 5.23. The molecule has 3 rings (SSSR count). The van der Waals surface area contributed by atoms with Crippen molar-refractivity contribution in [2.45, 2.75) is 50.5 Å². The molecule has 0 radical (unpaired) electrons. The van der Waals surface area contributed by atoms with Crippen molar-refractivity contribution >= 4 is 11.9 Å². The molecule has 0 aromatic heterocycles. The molecule has 0 bridgehead atoms. The van der Waals surface area contributed by atoms with Gasteiger partial charge in [-0.3, -0.25) is 9.59 Å². The molecule has 0 spiro atoms. The van der Waals surface area contributed by atoms with Crippen molar-refractivity contribution in [3.8, 4) is 5.75 Å². The zero-order chi connectivity index (χ0) is 17.1. The molecule has 24 heavy (non-hydrogen) atoms. The van der Waals surface area contributed by atoms with E-state index < -0.39 is 5.97 Å². The van der Waals surface area contributed by atoms with Crippen LogP contribution in [0.4, 0.5) is 0 Å². The number of methoxy groups -OCH3 is 1. The summed E-state index contributed by atoms with van der Waals surface area (Å²) in [6.45, 7) is 0.768. The Morgan fingerprint density at radius 3 is 2.92 bits per heavy atom. The fraction of sp³-hybridized carbons (Fsp3) is 0.579. The van der Waals surface area contributed by atoms with Gasteiger partial charge in [-0.2, -0.15) is 0 Å². The molecule has 5 heteroatoms. The number of rotatable bonds is 6. The lowest BCUT2D eigenvalue weighted by Gasteiger charge is -2.36. The second kappa shape index (κ2) is 7.24. The molecule has 3 atom stereocenters. The number of ether oxygens (including phenoxy) is 1. The lowest BCUT2D eigenvalue weighted by Crippen LogP contribution is -2.44. The van der Waals surface area contributed by atoms with E-state index in [0.717, 1.165) is 43.5 Å². The molecule has 1 saturated heterocycles. The summed E-state index contributed by atoms with van der Waals surface area (Å²) in [4.78, 5) is 25.7. The number of amides is 1. The number of nitrogens with zero attached hydrogens (tertiary/aromatic N) is 1. The molecular weight excluding hydrogens is 306 g/mol. The van der Waals surface area contributed by atoms with Gasteiger partial charge in [-0.25, -0.2) is 0 Å². The number of piperidine rings is 1. The molecule has 1 aromatic carbocycles. The van der Waals surface area contributed by atoms with Gasteiger partial charge in [0, 0.05) is 24.9 Å². The number of hydrogen-bond donors (Lipinski definition) is 1. The first-order valence-corrected chi connectivity index (χ1v) is 8.76. The lowest BCUT2D eigenvalue weighted by atomic mass is 9.97. The molecule has 1 aliphatic heterocycles. The van der Waals surface area contributed by atoms with Crippen molar-refractivity contribution in [2.75, 3.05) is 13.7 Å². The van der Waals surface area contributed by atoms with Crippen LogP contribution in [0.1, 0.15) is 50.0 Å². The third-order valence-electron chi connectivity index (χ3n) is 5.23. The van der Waals surface area contributed by atoms with Crippen LogP contribution in [0.15, 0.2) is 24.3 Å². The van der Waals surface area contributed by atoms with Crippen molar-refractivity contribution in [2.24, 2.45) is 5.92 Å². The summed E-state index contributed by atoms with van der Waals surface area (Å²) in [5.41, 5.74) is 1.16. The van der Waals surface area contributed by atoms with Gasteiger partial charge < -0.3 is 14.7 Å². The number of carboxylic acid groups (broad SMARTS) is 1. The van der Waals surface area contributed by atoms with Gasteiger partial charge in [-0.15, -0.1) is 0 Å². The molecule has 0 unspecified atom stereocenters. The SMILES string of the molecule is COc1cccc([C@@H]2C[C@H]2C(=O)N2CCCC[C@H]2CCC(=O)O)c1. The largest absolute Gasteiger partial charge is 0.497 e. The highest BCUT2D eigenvalue weighted by Crippen LogP contribution is 2.49. The van der Waals surface area contributed by atoms with Gasteiger partial charge in [-0.05, 0) is 55.7 Å². The van der Waals surface area contributed by atoms with Crippen LogP contribution in [0, 0.1) is 5.92 Å². The van der Waals surface area contributed by atoms with Crippen LogP contribution in [-0.2, 0) is 9.59 Å². The number of aliphatic carboxylic acids is 1. The Morgan fingerprint density at radius 1 is 1.33 bits per heavy atom. The molecule has 5 nitrogen and oxygen atoms in total. The van der Waals surface area contributed by atoms with Crippen LogP contribution in [-0.4, -0.2) is 41.6 Å². The van der Waals surface area contributed by atoms with E-state index in [1.807, 2.05) is 23.1 Å². The van der Waals surface area contributed by atoms with Gasteiger partial charge in [0.15, 0.2) is 0 Å². The van der Waals surface area contributed by atoms with Crippen LogP contribution in [0.5, 0.6) is 5.75 Å². The highest BCUT2D eigenvalue weighted by molar-refractivity contribution is 5.83. The smallest absolute Gasteiger partial charge is 0.303 e. The summed E-state index contributed by atoms with van der Waals surface area (Å²) in [5.74, 6) is 0.562. The van der Waals surface area contributed by atoms with Gasteiger partial charge in [0.2, 0.25) is 5.91 Å². The van der Waals surface area contributed by atoms with E-state index in [9.17, 15) is 9.59 Å². The van der Waals surface area contributed by atoms with Crippen molar-refractivity contribution in [3.05, 3.63) is 29.8 Å². The first kappa shape index (κ1) is 16.8. The maximum atomic E-state index is 12.9. The van der Waals surface area contributed by atoms with Crippen LogP contribution in [0.3, 0.4) is 0 Å². The quantitative estimate of drug-likeness (QED) is 0.870. The summed E-state index contributed by atoms with van der Waals surface area (Å²) < 4.78 is 5.27. The summed E-state index contributed by atoms with van der Waals surface area (Å²) in [6.07, 6.45) is 4.61. The fourth-order valence-electron chi connectivity index (χ4n) is 3.80. The standard InChI is InChI=1S/C19H25NO4/c1-24-15-7-4-5-13(11-15)16-12-17(16)19(23)20-10-3-2-6-14(20)8-9-18(21)22/h4-5,7,11,14,16-17H,2-3,6,8-10,12H2,1H3,(H,21,22)/t14-,16-,17+/m0/s1. The van der Waals surface area contributed by atoms with Crippen molar-refractivity contribution in [1.82, 2.24) is 4.90 Å². The summed E-state index contributed by atoms with van der Waals surface area (Å²) in [7, 11) is 1.65. The highest BCUT2D eigenvalue weighted by Gasteiger charge is 2.47. The number of likely N-dealkylation sites (tertiary alicyclic amines) is 1. The Balaban J connectivity index is 1.64. The minimum Gasteiger partial charge on any atom is -0.497 e. The van der Waals surface area contributed by atoms with Gasteiger partial charge in [0.25, 0.3) is 0 Å². The molecule has 1 amide bonds. The highest BCUT2D eigenvalue weighted by atomic mass is 16.5. The Hall–Kier alpha value is -2.04. The van der Waals surface area contributed by atoms with E-state index in [4.69, 9.17) is 9.84 Å². The summed E-state index contributed by atoms with van der Waals surface area (Å²) in [5, 5.41) is 8.92. The molecule has 1 N–H and O–H groups in total. The summed E-state index contributed by atoms with van der Waals surface area (Å²) in [6, 6.07) is 8.03. The number of carbonyl (C=O) groups excluding carboxylic acids is 1. The molecule has 1 saturated carbocycles.